The molecule has 0 aliphatic heterocycles. The van der Waals surface area contributed by atoms with Crippen LogP contribution in [0.3, 0.4) is 0 Å². The molecular formula is C26H28N6O. The summed E-state index contributed by atoms with van der Waals surface area (Å²) >= 11 is 0. The first-order valence-electron chi connectivity index (χ1n) is 11.0. The van der Waals surface area contributed by atoms with Gasteiger partial charge in [-0.15, -0.1) is 0 Å². The summed E-state index contributed by atoms with van der Waals surface area (Å²) in [4.78, 5) is 21.8. The summed E-state index contributed by atoms with van der Waals surface area (Å²) in [6.45, 7) is 5.85. The van der Waals surface area contributed by atoms with E-state index in [0.717, 1.165) is 29.1 Å². The van der Waals surface area contributed by atoms with Gasteiger partial charge >= 0.3 is 0 Å². The molecular weight excluding hydrogens is 412 g/mol. The molecule has 2 heterocycles. The van der Waals surface area contributed by atoms with Gasteiger partial charge in [-0.1, -0.05) is 60.7 Å². The van der Waals surface area contributed by atoms with E-state index in [4.69, 9.17) is 0 Å². The summed E-state index contributed by atoms with van der Waals surface area (Å²) in [7, 11) is 0. The normalized spacial score (nSPS) is 11.8. The fraction of sp³-hybridized carbons (Fsp3) is 0.231. The quantitative estimate of drug-likeness (QED) is 0.431. The van der Waals surface area contributed by atoms with Crippen LogP contribution in [0.25, 0.3) is 5.95 Å². The molecule has 168 valence electrons. The fourth-order valence-electron chi connectivity index (χ4n) is 3.79. The summed E-state index contributed by atoms with van der Waals surface area (Å²) in [6, 6.07) is 24.2. The number of carbonyl (C=O) groups excluding carboxylic acids is 1. The van der Waals surface area contributed by atoms with Gasteiger partial charge in [0.2, 0.25) is 5.91 Å². The van der Waals surface area contributed by atoms with Crippen molar-refractivity contribution in [1.82, 2.24) is 25.1 Å². The van der Waals surface area contributed by atoms with Gasteiger partial charge in [-0.25, -0.2) is 9.97 Å². The molecule has 0 bridgehead atoms. The molecule has 7 heteroatoms. The minimum atomic E-state index is -0.158. The number of benzene rings is 2. The zero-order chi connectivity index (χ0) is 23.2. The molecule has 33 heavy (non-hydrogen) atoms. The third kappa shape index (κ3) is 5.90. The van der Waals surface area contributed by atoms with Gasteiger partial charge in [0.15, 0.2) is 0 Å². The van der Waals surface area contributed by atoms with Crippen molar-refractivity contribution in [2.24, 2.45) is 0 Å². The number of rotatable bonds is 8. The van der Waals surface area contributed by atoms with Crippen molar-refractivity contribution in [3.8, 4) is 5.95 Å². The number of nitrogens with one attached hydrogen (secondary N) is 2. The molecule has 1 unspecified atom stereocenters. The summed E-state index contributed by atoms with van der Waals surface area (Å²) in [5.41, 5.74) is 4.80. The van der Waals surface area contributed by atoms with E-state index < -0.39 is 0 Å². The minimum Gasteiger partial charge on any atom is -0.309 e. The highest BCUT2D eigenvalue weighted by molar-refractivity contribution is 5.91. The first-order chi connectivity index (χ1) is 16.0. The maximum Gasteiger partial charge on any atom is 0.252 e. The molecule has 4 aromatic rings. The number of hydrogen-bond acceptors (Lipinski definition) is 5. The van der Waals surface area contributed by atoms with Crippen LogP contribution in [-0.4, -0.2) is 32.2 Å². The van der Waals surface area contributed by atoms with Crippen LogP contribution in [0.5, 0.6) is 0 Å². The van der Waals surface area contributed by atoms with Crippen LogP contribution in [0.1, 0.15) is 34.3 Å². The molecule has 0 spiro atoms. The fourth-order valence-corrected chi connectivity index (χ4v) is 3.79. The second-order valence-electron chi connectivity index (χ2n) is 8.12. The van der Waals surface area contributed by atoms with E-state index in [2.05, 4.69) is 50.0 Å². The number of carbonyl (C=O) groups is 1. The van der Waals surface area contributed by atoms with Crippen LogP contribution < -0.4 is 10.6 Å². The monoisotopic (exact) mass is 440 g/mol. The van der Waals surface area contributed by atoms with Crippen molar-refractivity contribution in [1.29, 1.82) is 0 Å². The van der Waals surface area contributed by atoms with Crippen LogP contribution in [0.15, 0.2) is 72.8 Å². The van der Waals surface area contributed by atoms with E-state index in [0.29, 0.717) is 11.8 Å². The van der Waals surface area contributed by atoms with Crippen molar-refractivity contribution >= 4 is 11.7 Å². The van der Waals surface area contributed by atoms with E-state index in [9.17, 15) is 4.79 Å². The predicted molar refractivity (Wildman–Crippen MR) is 129 cm³/mol. The van der Waals surface area contributed by atoms with Crippen LogP contribution in [0.2, 0.25) is 0 Å². The number of aromatic nitrogens is 4. The highest BCUT2D eigenvalue weighted by Crippen LogP contribution is 2.19. The Morgan fingerprint density at radius 2 is 1.52 bits per heavy atom. The third-order valence-corrected chi connectivity index (χ3v) is 5.25. The topological polar surface area (TPSA) is 84.7 Å². The second-order valence-corrected chi connectivity index (χ2v) is 8.12. The lowest BCUT2D eigenvalue weighted by Gasteiger charge is -2.19. The standard InChI is InChI=1S/C26H28N6O/c1-18-14-19(2)29-26(28-18)32-24(15-20(3)31-32)30-25(33)17-27-23(22-12-8-5-9-13-22)16-21-10-6-4-7-11-21/h4-15,23,27H,16-17H2,1-3H3,(H,30,33). The average molecular weight is 441 g/mol. The number of aryl methyl sites for hydroxylation is 3. The minimum absolute atomic E-state index is 0.00810. The largest absolute Gasteiger partial charge is 0.309 e. The maximum atomic E-state index is 12.9. The van der Waals surface area contributed by atoms with E-state index in [1.54, 1.807) is 4.68 Å². The zero-order valence-electron chi connectivity index (χ0n) is 19.1. The van der Waals surface area contributed by atoms with Crippen LogP contribution in [0.4, 0.5) is 5.82 Å². The van der Waals surface area contributed by atoms with E-state index >= 15 is 0 Å². The Kier molecular flexibility index (Phi) is 6.90. The molecule has 0 fully saturated rings. The smallest absolute Gasteiger partial charge is 0.252 e. The number of hydrogen-bond donors (Lipinski definition) is 2. The lowest BCUT2D eigenvalue weighted by atomic mass is 9.99. The molecule has 7 nitrogen and oxygen atoms in total. The molecule has 2 N–H and O–H groups in total. The first kappa shape index (κ1) is 22.4. The Labute approximate surface area is 193 Å². The lowest BCUT2D eigenvalue weighted by molar-refractivity contribution is -0.115. The van der Waals surface area contributed by atoms with E-state index in [1.807, 2.05) is 69.3 Å². The number of anilines is 1. The molecule has 2 aromatic heterocycles. The van der Waals surface area contributed by atoms with Gasteiger partial charge in [-0.05, 0) is 44.4 Å². The van der Waals surface area contributed by atoms with Gasteiger partial charge < -0.3 is 10.6 Å². The van der Waals surface area contributed by atoms with Gasteiger partial charge in [0.25, 0.3) is 5.95 Å². The summed E-state index contributed by atoms with van der Waals surface area (Å²) in [5, 5.41) is 10.8. The number of amides is 1. The maximum absolute atomic E-state index is 12.9. The second kappa shape index (κ2) is 10.2. The highest BCUT2D eigenvalue weighted by atomic mass is 16.2. The summed E-state index contributed by atoms with van der Waals surface area (Å²) in [6.07, 6.45) is 0.783. The zero-order valence-corrected chi connectivity index (χ0v) is 19.1. The molecule has 1 atom stereocenters. The molecule has 1 amide bonds. The Balaban J connectivity index is 1.48. The van der Waals surface area contributed by atoms with Crippen molar-refractivity contribution in [2.75, 3.05) is 11.9 Å². The van der Waals surface area contributed by atoms with Crippen LogP contribution in [-0.2, 0) is 11.2 Å². The van der Waals surface area contributed by atoms with Crippen molar-refractivity contribution < 1.29 is 4.79 Å². The van der Waals surface area contributed by atoms with Gasteiger partial charge in [0.05, 0.1) is 12.2 Å². The van der Waals surface area contributed by atoms with E-state index in [1.165, 1.54) is 5.56 Å². The molecule has 4 rings (SSSR count). The Morgan fingerprint density at radius 1 is 0.879 bits per heavy atom. The summed E-state index contributed by atoms with van der Waals surface area (Å²) in [5.74, 6) is 0.827. The predicted octanol–water partition coefficient (Wildman–Crippen LogP) is 4.10. The lowest BCUT2D eigenvalue weighted by Crippen LogP contribution is -2.33. The van der Waals surface area contributed by atoms with Crippen LogP contribution in [0, 0.1) is 20.8 Å². The Bertz CT molecular complexity index is 1200. The van der Waals surface area contributed by atoms with E-state index in [-0.39, 0.29) is 18.5 Å². The molecule has 0 saturated carbocycles. The third-order valence-electron chi connectivity index (χ3n) is 5.25. The van der Waals surface area contributed by atoms with Gasteiger partial charge in [0.1, 0.15) is 5.82 Å². The summed E-state index contributed by atoms with van der Waals surface area (Å²) < 4.78 is 1.58. The number of nitrogens with zero attached hydrogens (tertiary/aromatic N) is 4. The van der Waals surface area contributed by atoms with Gasteiger partial charge in [-0.3, -0.25) is 4.79 Å². The molecule has 2 aromatic carbocycles. The molecule has 0 radical (unpaired) electrons. The average Bonchev–Trinajstić information content (AvgIpc) is 3.17. The SMILES string of the molecule is Cc1cc(C)nc(-n2nc(C)cc2NC(=O)CNC(Cc2ccccc2)c2ccccc2)n1. The van der Waals surface area contributed by atoms with Crippen LogP contribution >= 0.6 is 0 Å². The van der Waals surface area contributed by atoms with Crippen molar-refractivity contribution in [3.63, 3.8) is 0 Å². The van der Waals surface area contributed by atoms with Crippen molar-refractivity contribution in [2.45, 2.75) is 33.2 Å². The Hall–Kier alpha value is -3.84. The van der Waals surface area contributed by atoms with Crippen molar-refractivity contribution in [3.05, 3.63) is 101 Å². The first-order valence-corrected chi connectivity index (χ1v) is 11.0. The van der Waals surface area contributed by atoms with Gasteiger partial charge in [0, 0.05) is 23.5 Å². The molecule has 0 saturated heterocycles. The molecule has 0 aliphatic carbocycles. The Morgan fingerprint density at radius 3 is 2.18 bits per heavy atom. The highest BCUT2D eigenvalue weighted by Gasteiger charge is 2.16. The van der Waals surface area contributed by atoms with Gasteiger partial charge in [-0.2, -0.15) is 9.78 Å². The molecule has 0 aliphatic rings.